The number of carbonyl (C=O) groups excluding carboxylic acids is 3. The highest BCUT2D eigenvalue weighted by molar-refractivity contribution is 6.05. The minimum atomic E-state index is -0.577. The predicted molar refractivity (Wildman–Crippen MR) is 97.1 cm³/mol. The van der Waals surface area contributed by atoms with E-state index in [1.165, 1.54) is 0 Å². The molecule has 0 radical (unpaired) electrons. The van der Waals surface area contributed by atoms with Gasteiger partial charge in [-0.05, 0) is 44.4 Å². The quantitative estimate of drug-likeness (QED) is 0.671. The lowest BCUT2D eigenvalue weighted by Gasteiger charge is -2.29. The molecule has 2 aliphatic heterocycles. The van der Waals surface area contributed by atoms with E-state index < -0.39 is 6.04 Å². The van der Waals surface area contributed by atoms with Crippen molar-refractivity contribution in [2.45, 2.75) is 64.3 Å². The molecule has 0 bridgehead atoms. The molecule has 3 rings (SSSR count). The van der Waals surface area contributed by atoms with Crippen molar-refractivity contribution < 1.29 is 14.4 Å². The number of rotatable bonds is 5. The second kappa shape index (κ2) is 6.81. The highest BCUT2D eigenvalue weighted by Crippen LogP contribution is 2.28. The van der Waals surface area contributed by atoms with Gasteiger partial charge < -0.3 is 16.0 Å². The molecule has 7 heteroatoms. The number of fused-ring (bicyclic) bond motifs is 1. The molecule has 0 aromatic heterocycles. The van der Waals surface area contributed by atoms with Crippen molar-refractivity contribution in [3.63, 3.8) is 0 Å². The van der Waals surface area contributed by atoms with E-state index in [4.69, 9.17) is 5.73 Å². The molecule has 0 aliphatic carbocycles. The zero-order chi connectivity index (χ0) is 19.1. The van der Waals surface area contributed by atoms with E-state index in [1.54, 1.807) is 4.90 Å². The Balaban J connectivity index is 1.70. The summed E-state index contributed by atoms with van der Waals surface area (Å²) in [5.41, 5.74) is 8.39. The summed E-state index contributed by atoms with van der Waals surface area (Å²) in [7, 11) is 0. The maximum absolute atomic E-state index is 12.7. The predicted octanol–water partition coefficient (Wildman–Crippen LogP) is 0.663. The van der Waals surface area contributed by atoms with Crippen LogP contribution < -0.4 is 16.4 Å². The summed E-state index contributed by atoms with van der Waals surface area (Å²) in [4.78, 5) is 37.6. The third-order valence-electron chi connectivity index (χ3n) is 5.32. The molecule has 1 fully saturated rings. The van der Waals surface area contributed by atoms with Gasteiger partial charge in [0.15, 0.2) is 0 Å². The fourth-order valence-electron chi connectivity index (χ4n) is 3.27. The van der Waals surface area contributed by atoms with Crippen LogP contribution in [0.25, 0.3) is 0 Å². The highest BCUT2D eigenvalue weighted by Gasteiger charge is 2.39. The molecule has 1 aromatic rings. The highest BCUT2D eigenvalue weighted by atomic mass is 16.2. The molecule has 0 spiro atoms. The molecule has 140 valence electrons. The van der Waals surface area contributed by atoms with Gasteiger partial charge in [-0.2, -0.15) is 0 Å². The molecule has 3 amide bonds. The second-order valence-corrected chi connectivity index (χ2v) is 7.82. The summed E-state index contributed by atoms with van der Waals surface area (Å²) >= 11 is 0. The summed E-state index contributed by atoms with van der Waals surface area (Å²) in [6.07, 6.45) is 0.639. The Bertz CT molecular complexity index is 754. The third-order valence-corrected chi connectivity index (χ3v) is 5.32. The average molecular weight is 358 g/mol. The summed E-state index contributed by atoms with van der Waals surface area (Å²) in [5, 5.41) is 5.72. The first kappa shape index (κ1) is 18.5. The second-order valence-electron chi connectivity index (χ2n) is 7.82. The molecular formula is C19H26N4O3. The van der Waals surface area contributed by atoms with Crippen molar-refractivity contribution in [2.75, 3.05) is 0 Å². The zero-order valence-corrected chi connectivity index (χ0v) is 15.5. The van der Waals surface area contributed by atoms with Gasteiger partial charge in [-0.25, -0.2) is 0 Å². The van der Waals surface area contributed by atoms with E-state index in [0.717, 1.165) is 11.1 Å². The van der Waals surface area contributed by atoms with E-state index in [1.807, 2.05) is 39.0 Å². The van der Waals surface area contributed by atoms with Gasteiger partial charge in [0.05, 0.1) is 0 Å². The van der Waals surface area contributed by atoms with Crippen molar-refractivity contribution in [1.29, 1.82) is 0 Å². The van der Waals surface area contributed by atoms with Crippen LogP contribution in [0.5, 0.6) is 0 Å². The van der Waals surface area contributed by atoms with Crippen LogP contribution >= 0.6 is 0 Å². The molecule has 4 N–H and O–H groups in total. The normalized spacial score (nSPS) is 21.6. The van der Waals surface area contributed by atoms with Crippen LogP contribution in [0.1, 0.15) is 55.1 Å². The number of carbonyl (C=O) groups is 3. The van der Waals surface area contributed by atoms with Gasteiger partial charge in [-0.3, -0.25) is 19.7 Å². The summed E-state index contributed by atoms with van der Waals surface area (Å²) in [6, 6.07) is 5.30. The summed E-state index contributed by atoms with van der Waals surface area (Å²) < 4.78 is 0. The number of benzene rings is 1. The number of amides is 3. The first-order chi connectivity index (χ1) is 12.2. The monoisotopic (exact) mass is 358 g/mol. The molecule has 0 saturated carbocycles. The molecule has 1 aromatic carbocycles. The van der Waals surface area contributed by atoms with Gasteiger partial charge in [0.2, 0.25) is 11.8 Å². The van der Waals surface area contributed by atoms with Crippen molar-refractivity contribution in [1.82, 2.24) is 15.5 Å². The smallest absolute Gasteiger partial charge is 0.255 e. The van der Waals surface area contributed by atoms with Gasteiger partial charge in [0.25, 0.3) is 5.91 Å². The topological polar surface area (TPSA) is 105 Å². The lowest BCUT2D eigenvalue weighted by atomic mass is 9.97. The van der Waals surface area contributed by atoms with Crippen LogP contribution in [0.4, 0.5) is 0 Å². The van der Waals surface area contributed by atoms with Crippen LogP contribution in [0, 0.1) is 0 Å². The van der Waals surface area contributed by atoms with Crippen molar-refractivity contribution >= 4 is 17.7 Å². The Morgan fingerprint density at radius 2 is 2.08 bits per heavy atom. The fourth-order valence-corrected chi connectivity index (χ4v) is 3.27. The zero-order valence-electron chi connectivity index (χ0n) is 15.5. The van der Waals surface area contributed by atoms with E-state index in [9.17, 15) is 14.4 Å². The number of nitrogens with one attached hydrogen (secondary N) is 2. The van der Waals surface area contributed by atoms with Crippen molar-refractivity contribution in [3.8, 4) is 0 Å². The maximum atomic E-state index is 12.7. The summed E-state index contributed by atoms with van der Waals surface area (Å²) in [6.45, 7) is 7.04. The van der Waals surface area contributed by atoms with Crippen molar-refractivity contribution in [2.24, 2.45) is 5.73 Å². The first-order valence-corrected chi connectivity index (χ1v) is 8.95. The molecule has 2 atom stereocenters. The largest absolute Gasteiger partial charge is 0.324 e. The van der Waals surface area contributed by atoms with Crippen LogP contribution in [-0.2, 0) is 22.7 Å². The SMILES string of the molecule is CC(NCc1ccc2c(c1)CN(C1CCC(=O)NC1=O)C2=O)C(C)(C)N. The van der Waals surface area contributed by atoms with Crippen LogP contribution in [-0.4, -0.2) is 40.2 Å². The van der Waals surface area contributed by atoms with Gasteiger partial charge in [-0.15, -0.1) is 0 Å². The number of piperidine rings is 1. The van der Waals surface area contributed by atoms with Crippen LogP contribution in [0.2, 0.25) is 0 Å². The van der Waals surface area contributed by atoms with E-state index in [0.29, 0.717) is 25.1 Å². The average Bonchev–Trinajstić information content (AvgIpc) is 2.88. The molecule has 2 unspecified atom stereocenters. The van der Waals surface area contributed by atoms with E-state index in [-0.39, 0.29) is 35.7 Å². The molecular weight excluding hydrogens is 332 g/mol. The minimum Gasteiger partial charge on any atom is -0.324 e. The third kappa shape index (κ3) is 3.64. The van der Waals surface area contributed by atoms with Gasteiger partial charge in [-0.1, -0.05) is 12.1 Å². The van der Waals surface area contributed by atoms with Crippen molar-refractivity contribution in [3.05, 3.63) is 34.9 Å². The standard InChI is InChI=1S/C19H26N4O3/c1-11(19(2,3)20)21-9-12-4-5-14-13(8-12)10-23(18(14)26)15-6-7-16(24)22-17(15)25/h4-5,8,11,15,21H,6-7,9-10,20H2,1-3H3,(H,22,24,25). The number of nitrogens with zero attached hydrogens (tertiary/aromatic N) is 1. The Kier molecular flexibility index (Phi) is 4.86. The van der Waals surface area contributed by atoms with Crippen LogP contribution in [0.15, 0.2) is 18.2 Å². The minimum absolute atomic E-state index is 0.136. The molecule has 1 saturated heterocycles. The number of hydrogen-bond acceptors (Lipinski definition) is 5. The number of imide groups is 1. The lowest BCUT2D eigenvalue weighted by Crippen LogP contribution is -2.52. The lowest BCUT2D eigenvalue weighted by molar-refractivity contribution is -0.136. The van der Waals surface area contributed by atoms with Gasteiger partial charge in [0.1, 0.15) is 6.04 Å². The molecule has 2 aliphatic rings. The molecule has 7 nitrogen and oxygen atoms in total. The Morgan fingerprint density at radius 1 is 1.35 bits per heavy atom. The number of hydrogen-bond donors (Lipinski definition) is 3. The first-order valence-electron chi connectivity index (χ1n) is 8.95. The number of nitrogens with two attached hydrogens (primary N) is 1. The van der Waals surface area contributed by atoms with Crippen LogP contribution in [0.3, 0.4) is 0 Å². The fraction of sp³-hybridized carbons (Fsp3) is 0.526. The van der Waals surface area contributed by atoms with E-state index in [2.05, 4.69) is 10.6 Å². The Hall–Kier alpha value is -2.25. The van der Waals surface area contributed by atoms with Gasteiger partial charge >= 0.3 is 0 Å². The Morgan fingerprint density at radius 3 is 2.73 bits per heavy atom. The van der Waals surface area contributed by atoms with Gasteiger partial charge in [0, 0.05) is 36.7 Å². The maximum Gasteiger partial charge on any atom is 0.255 e. The molecule has 2 heterocycles. The molecule has 26 heavy (non-hydrogen) atoms. The summed E-state index contributed by atoms with van der Waals surface area (Å²) in [5.74, 6) is -0.811. The van der Waals surface area contributed by atoms with E-state index >= 15 is 0 Å². The Labute approximate surface area is 153 Å².